The van der Waals surface area contributed by atoms with E-state index in [2.05, 4.69) is 6.92 Å². The van der Waals surface area contributed by atoms with Gasteiger partial charge in [-0.15, -0.1) is 0 Å². The van der Waals surface area contributed by atoms with Crippen molar-refractivity contribution in [2.45, 2.75) is 65.4 Å². The van der Waals surface area contributed by atoms with E-state index in [1.807, 2.05) is 25.1 Å². The predicted molar refractivity (Wildman–Crippen MR) is 87.2 cm³/mol. The number of nitrogens with zero attached hydrogens (tertiary/aromatic N) is 1. The van der Waals surface area contributed by atoms with Gasteiger partial charge in [0.05, 0.1) is 11.6 Å². The number of anilines is 1. The Bertz CT molecular complexity index is 586. The Morgan fingerprint density at radius 3 is 2.59 bits per heavy atom. The summed E-state index contributed by atoms with van der Waals surface area (Å²) < 4.78 is 5.40. The van der Waals surface area contributed by atoms with Crippen LogP contribution in [0.2, 0.25) is 0 Å². The van der Waals surface area contributed by atoms with Crippen LogP contribution in [0.4, 0.5) is 10.5 Å². The second-order valence-electron chi connectivity index (χ2n) is 6.91. The summed E-state index contributed by atoms with van der Waals surface area (Å²) in [6.07, 6.45) is 2.18. The first-order valence-electron chi connectivity index (χ1n) is 7.92. The number of benzene rings is 1. The average Bonchev–Trinajstić information content (AvgIpc) is 2.66. The second kappa shape index (κ2) is 6.11. The van der Waals surface area contributed by atoms with E-state index in [0.717, 1.165) is 30.4 Å². The number of hydrogen-bond donors (Lipinski definition) is 0. The Morgan fingerprint density at radius 1 is 1.32 bits per heavy atom. The van der Waals surface area contributed by atoms with Crippen molar-refractivity contribution in [3.05, 3.63) is 29.3 Å². The highest BCUT2D eigenvalue weighted by Crippen LogP contribution is 2.41. The lowest BCUT2D eigenvalue weighted by atomic mass is 9.94. The van der Waals surface area contributed by atoms with Gasteiger partial charge in [-0.2, -0.15) is 0 Å². The SMILES string of the molecule is CCCCC1C(=O)N(C(=O)OC(C)(C)C)c2ccc(C)cc21. The number of carbonyl (C=O) groups is 2. The molecular formula is C18H25NO3. The maximum atomic E-state index is 12.7. The smallest absolute Gasteiger partial charge is 0.421 e. The molecule has 1 aromatic carbocycles. The number of amides is 2. The van der Waals surface area contributed by atoms with Gasteiger partial charge in [-0.05, 0) is 45.7 Å². The van der Waals surface area contributed by atoms with Gasteiger partial charge in [-0.1, -0.05) is 37.5 Å². The minimum absolute atomic E-state index is 0.164. The number of fused-ring (bicyclic) bond motifs is 1. The van der Waals surface area contributed by atoms with Crippen LogP contribution < -0.4 is 4.90 Å². The summed E-state index contributed by atoms with van der Waals surface area (Å²) >= 11 is 0. The lowest BCUT2D eigenvalue weighted by molar-refractivity contribution is -0.119. The van der Waals surface area contributed by atoms with E-state index in [1.54, 1.807) is 20.8 Å². The molecule has 1 unspecified atom stereocenters. The fourth-order valence-corrected chi connectivity index (χ4v) is 2.75. The van der Waals surface area contributed by atoms with E-state index in [9.17, 15) is 9.59 Å². The molecule has 0 saturated heterocycles. The van der Waals surface area contributed by atoms with E-state index in [1.165, 1.54) is 4.90 Å². The molecule has 120 valence electrons. The molecule has 0 aliphatic carbocycles. The molecule has 1 atom stereocenters. The molecule has 2 amide bonds. The molecule has 1 aliphatic rings. The number of hydrogen-bond acceptors (Lipinski definition) is 3. The molecule has 4 nitrogen and oxygen atoms in total. The zero-order chi connectivity index (χ0) is 16.5. The van der Waals surface area contributed by atoms with Crippen LogP contribution in [0.5, 0.6) is 0 Å². The molecule has 0 radical (unpaired) electrons. The molecule has 0 spiro atoms. The van der Waals surface area contributed by atoms with E-state index < -0.39 is 11.7 Å². The van der Waals surface area contributed by atoms with Gasteiger partial charge >= 0.3 is 6.09 Å². The molecule has 0 N–H and O–H groups in total. The molecule has 0 aromatic heterocycles. The zero-order valence-electron chi connectivity index (χ0n) is 14.1. The van der Waals surface area contributed by atoms with Gasteiger partial charge in [0, 0.05) is 0 Å². The van der Waals surface area contributed by atoms with Crippen LogP contribution in [0.15, 0.2) is 18.2 Å². The first-order chi connectivity index (χ1) is 10.2. The lowest BCUT2D eigenvalue weighted by Gasteiger charge is -2.24. The third-order valence-corrected chi connectivity index (χ3v) is 3.74. The molecule has 1 aliphatic heterocycles. The van der Waals surface area contributed by atoms with Gasteiger partial charge in [0.1, 0.15) is 5.60 Å². The summed E-state index contributed by atoms with van der Waals surface area (Å²) in [4.78, 5) is 26.4. The van der Waals surface area contributed by atoms with Crippen molar-refractivity contribution in [1.29, 1.82) is 0 Å². The fraction of sp³-hybridized carbons (Fsp3) is 0.556. The Labute approximate surface area is 132 Å². The fourth-order valence-electron chi connectivity index (χ4n) is 2.75. The molecule has 1 heterocycles. The highest BCUT2D eigenvalue weighted by Gasteiger charge is 2.42. The summed E-state index contributed by atoms with van der Waals surface area (Å²) in [6.45, 7) is 9.50. The minimum atomic E-state index is -0.621. The van der Waals surface area contributed by atoms with Gasteiger partial charge < -0.3 is 4.74 Å². The van der Waals surface area contributed by atoms with Crippen molar-refractivity contribution < 1.29 is 14.3 Å². The van der Waals surface area contributed by atoms with E-state index in [0.29, 0.717) is 5.69 Å². The highest BCUT2D eigenvalue weighted by molar-refractivity contribution is 6.19. The zero-order valence-corrected chi connectivity index (χ0v) is 14.1. The van der Waals surface area contributed by atoms with Crippen molar-refractivity contribution in [2.75, 3.05) is 4.90 Å². The van der Waals surface area contributed by atoms with E-state index in [-0.39, 0.29) is 11.8 Å². The predicted octanol–water partition coefficient (Wildman–Crippen LogP) is 4.55. The molecule has 0 bridgehead atoms. The van der Waals surface area contributed by atoms with Crippen LogP contribution in [-0.4, -0.2) is 17.6 Å². The van der Waals surface area contributed by atoms with Gasteiger partial charge in [0.25, 0.3) is 0 Å². The van der Waals surface area contributed by atoms with Gasteiger partial charge in [-0.25, -0.2) is 9.69 Å². The minimum Gasteiger partial charge on any atom is -0.443 e. The Kier molecular flexibility index (Phi) is 4.59. The van der Waals surface area contributed by atoms with Crippen molar-refractivity contribution in [1.82, 2.24) is 0 Å². The summed E-state index contributed by atoms with van der Waals surface area (Å²) in [5.41, 5.74) is 2.10. The van der Waals surface area contributed by atoms with Crippen molar-refractivity contribution in [3.8, 4) is 0 Å². The Balaban J connectivity index is 2.37. The summed E-state index contributed by atoms with van der Waals surface area (Å²) in [6, 6.07) is 5.78. The first kappa shape index (κ1) is 16.5. The standard InChI is InChI=1S/C18H25NO3/c1-6-7-8-13-14-11-12(2)9-10-15(14)19(16(13)20)17(21)22-18(3,4)5/h9-11,13H,6-8H2,1-5H3. The second-order valence-corrected chi connectivity index (χ2v) is 6.91. The van der Waals surface area contributed by atoms with Crippen molar-refractivity contribution >= 4 is 17.7 Å². The molecule has 1 aromatic rings. The lowest BCUT2D eigenvalue weighted by Crippen LogP contribution is -2.39. The quantitative estimate of drug-likeness (QED) is 0.823. The number of imide groups is 1. The average molecular weight is 303 g/mol. The summed E-state index contributed by atoms with van der Waals surface area (Å²) in [7, 11) is 0. The number of unbranched alkanes of at least 4 members (excludes halogenated alkanes) is 1. The molecule has 22 heavy (non-hydrogen) atoms. The van der Waals surface area contributed by atoms with Gasteiger partial charge in [0.2, 0.25) is 5.91 Å². The normalized spacial score (nSPS) is 17.6. The van der Waals surface area contributed by atoms with Crippen LogP contribution in [0, 0.1) is 6.92 Å². The maximum absolute atomic E-state index is 12.7. The van der Waals surface area contributed by atoms with E-state index >= 15 is 0 Å². The van der Waals surface area contributed by atoms with Gasteiger partial charge in [0.15, 0.2) is 0 Å². The maximum Gasteiger partial charge on any atom is 0.421 e. The van der Waals surface area contributed by atoms with Crippen molar-refractivity contribution in [2.24, 2.45) is 0 Å². The Hall–Kier alpha value is -1.84. The number of ether oxygens (including phenoxy) is 1. The number of rotatable bonds is 3. The monoisotopic (exact) mass is 303 g/mol. The van der Waals surface area contributed by atoms with Crippen LogP contribution in [0.3, 0.4) is 0 Å². The molecule has 0 saturated carbocycles. The van der Waals surface area contributed by atoms with E-state index in [4.69, 9.17) is 4.74 Å². The third kappa shape index (κ3) is 3.32. The van der Waals surface area contributed by atoms with Crippen LogP contribution in [0.25, 0.3) is 0 Å². The van der Waals surface area contributed by atoms with Crippen molar-refractivity contribution in [3.63, 3.8) is 0 Å². The van der Waals surface area contributed by atoms with Gasteiger partial charge in [-0.3, -0.25) is 4.79 Å². The number of carbonyl (C=O) groups excluding carboxylic acids is 2. The topological polar surface area (TPSA) is 46.6 Å². The summed E-state index contributed by atoms with van der Waals surface area (Å²) in [5, 5.41) is 0. The third-order valence-electron chi connectivity index (χ3n) is 3.74. The molecule has 0 fully saturated rings. The number of aryl methyl sites for hydroxylation is 1. The molecule has 2 rings (SSSR count). The Morgan fingerprint density at radius 2 is 2.00 bits per heavy atom. The largest absolute Gasteiger partial charge is 0.443 e. The first-order valence-corrected chi connectivity index (χ1v) is 7.92. The molecular weight excluding hydrogens is 278 g/mol. The van der Waals surface area contributed by atoms with Crippen LogP contribution >= 0.6 is 0 Å². The summed E-state index contributed by atoms with van der Waals surface area (Å²) in [5.74, 6) is -0.398. The highest BCUT2D eigenvalue weighted by atomic mass is 16.6. The van der Waals surface area contributed by atoms with Crippen LogP contribution in [-0.2, 0) is 9.53 Å². The molecule has 4 heteroatoms. The van der Waals surface area contributed by atoms with Crippen LogP contribution in [0.1, 0.15) is 64.0 Å².